The monoisotopic (exact) mass is 317 g/mol. The van der Waals surface area contributed by atoms with Gasteiger partial charge in [0.05, 0.1) is 5.69 Å². The smallest absolute Gasteiger partial charge is 0.314 e. The molecule has 8 heteroatoms. The number of halogens is 5. The van der Waals surface area contributed by atoms with Gasteiger partial charge in [0.15, 0.2) is 0 Å². The molecule has 0 spiro atoms. The summed E-state index contributed by atoms with van der Waals surface area (Å²) in [7, 11) is 0. The fourth-order valence-corrected chi connectivity index (χ4v) is 2.04. The summed E-state index contributed by atoms with van der Waals surface area (Å²) in [5.74, 6) is 0. The van der Waals surface area contributed by atoms with Crippen molar-refractivity contribution in [3.63, 3.8) is 0 Å². The van der Waals surface area contributed by atoms with Gasteiger partial charge in [0.25, 0.3) is 0 Å². The van der Waals surface area contributed by atoms with Crippen molar-refractivity contribution in [3.05, 3.63) is 30.1 Å². The van der Waals surface area contributed by atoms with E-state index < -0.39 is 12.2 Å². The van der Waals surface area contributed by atoms with Crippen molar-refractivity contribution < 1.29 is 13.2 Å². The van der Waals surface area contributed by atoms with Gasteiger partial charge >= 0.3 is 6.18 Å². The maximum atomic E-state index is 13.1. The standard InChI is InChI=1S/C11H14F3N3.2ClH/c12-11(13,14)10(9-3-1-2-4-16-9)17-7-5-15-6-8-17;;/h1-4,10,15H,5-8H2;2*1H/t10-;;/m1../s1. The largest absolute Gasteiger partial charge is 0.409 e. The van der Waals surface area contributed by atoms with E-state index in [1.807, 2.05) is 0 Å². The first kappa shape index (κ1) is 18.4. The Balaban J connectivity index is 0.00000162. The number of aromatic nitrogens is 1. The van der Waals surface area contributed by atoms with Crippen molar-refractivity contribution in [1.29, 1.82) is 0 Å². The zero-order chi connectivity index (χ0) is 12.3. The summed E-state index contributed by atoms with van der Waals surface area (Å²) < 4.78 is 39.3. The lowest BCUT2D eigenvalue weighted by atomic mass is 10.1. The van der Waals surface area contributed by atoms with Crippen LogP contribution in [0.15, 0.2) is 24.4 Å². The third kappa shape index (κ3) is 4.80. The summed E-state index contributed by atoms with van der Waals surface area (Å²) in [5, 5.41) is 3.04. The van der Waals surface area contributed by atoms with Crippen molar-refractivity contribution >= 4 is 24.8 Å². The van der Waals surface area contributed by atoms with Gasteiger partial charge in [-0.15, -0.1) is 24.8 Å². The fourth-order valence-electron chi connectivity index (χ4n) is 2.04. The van der Waals surface area contributed by atoms with Crippen molar-refractivity contribution in [2.75, 3.05) is 26.2 Å². The molecule has 2 rings (SSSR count). The van der Waals surface area contributed by atoms with Crippen molar-refractivity contribution in [2.24, 2.45) is 0 Å². The van der Waals surface area contributed by atoms with Gasteiger partial charge in [-0.2, -0.15) is 13.2 Å². The molecule has 1 fully saturated rings. The molecule has 0 saturated carbocycles. The average Bonchev–Trinajstić information content (AvgIpc) is 2.30. The Bertz CT molecular complexity index is 356. The Morgan fingerprint density at radius 1 is 1.16 bits per heavy atom. The van der Waals surface area contributed by atoms with Crippen LogP contribution < -0.4 is 5.32 Å². The molecule has 1 N–H and O–H groups in total. The number of hydrogen-bond acceptors (Lipinski definition) is 3. The van der Waals surface area contributed by atoms with E-state index in [0.29, 0.717) is 26.2 Å². The number of hydrogen-bond donors (Lipinski definition) is 1. The predicted molar refractivity (Wildman–Crippen MR) is 72.0 cm³/mol. The van der Waals surface area contributed by atoms with E-state index in [0.717, 1.165) is 0 Å². The molecule has 1 aromatic heterocycles. The minimum atomic E-state index is -4.29. The van der Waals surface area contributed by atoms with E-state index in [1.54, 1.807) is 12.1 Å². The van der Waals surface area contributed by atoms with E-state index in [2.05, 4.69) is 10.3 Å². The molecule has 1 aromatic rings. The van der Waals surface area contributed by atoms with Gasteiger partial charge in [0.1, 0.15) is 6.04 Å². The molecule has 0 unspecified atom stereocenters. The molecule has 0 amide bonds. The molecule has 1 aliphatic rings. The Kier molecular flexibility index (Phi) is 7.66. The summed E-state index contributed by atoms with van der Waals surface area (Å²) in [6, 6.07) is 3.05. The highest BCUT2D eigenvalue weighted by atomic mass is 35.5. The Morgan fingerprint density at radius 3 is 2.26 bits per heavy atom. The molecular formula is C11H16Cl2F3N3. The molecule has 1 atom stereocenters. The lowest BCUT2D eigenvalue weighted by molar-refractivity contribution is -0.188. The van der Waals surface area contributed by atoms with E-state index in [4.69, 9.17) is 0 Å². The molecular weight excluding hydrogens is 302 g/mol. The van der Waals surface area contributed by atoms with Crippen LogP contribution in [0.4, 0.5) is 13.2 Å². The highest BCUT2D eigenvalue weighted by molar-refractivity contribution is 5.85. The van der Waals surface area contributed by atoms with Crippen molar-refractivity contribution in [3.8, 4) is 0 Å². The highest BCUT2D eigenvalue weighted by Gasteiger charge is 2.45. The molecule has 19 heavy (non-hydrogen) atoms. The van der Waals surface area contributed by atoms with Gasteiger partial charge in [-0.3, -0.25) is 9.88 Å². The van der Waals surface area contributed by atoms with E-state index in [-0.39, 0.29) is 30.5 Å². The molecule has 110 valence electrons. The summed E-state index contributed by atoms with van der Waals surface area (Å²) in [4.78, 5) is 5.27. The van der Waals surface area contributed by atoms with Gasteiger partial charge in [-0.25, -0.2) is 0 Å². The van der Waals surface area contributed by atoms with E-state index >= 15 is 0 Å². The molecule has 2 heterocycles. The number of nitrogens with one attached hydrogen (secondary N) is 1. The number of rotatable bonds is 2. The third-order valence-electron chi connectivity index (χ3n) is 2.79. The highest BCUT2D eigenvalue weighted by Crippen LogP contribution is 2.36. The van der Waals surface area contributed by atoms with E-state index in [9.17, 15) is 13.2 Å². The summed E-state index contributed by atoms with van der Waals surface area (Å²) in [6.07, 6.45) is -2.89. The van der Waals surface area contributed by atoms with E-state index in [1.165, 1.54) is 17.2 Å². The number of nitrogens with zero attached hydrogens (tertiary/aromatic N) is 2. The fraction of sp³-hybridized carbons (Fsp3) is 0.545. The van der Waals surface area contributed by atoms with Crippen molar-refractivity contribution in [2.45, 2.75) is 12.2 Å². The number of pyridine rings is 1. The zero-order valence-corrected chi connectivity index (χ0v) is 11.7. The van der Waals surface area contributed by atoms with Crippen LogP contribution in [0.1, 0.15) is 11.7 Å². The normalized spacial score (nSPS) is 18.1. The maximum Gasteiger partial charge on any atom is 0.409 e. The van der Waals surface area contributed by atoms with Crippen LogP contribution >= 0.6 is 24.8 Å². The Labute approximate surface area is 122 Å². The van der Waals surface area contributed by atoms with Crippen molar-refractivity contribution in [1.82, 2.24) is 15.2 Å². The molecule has 0 radical (unpaired) electrons. The first-order chi connectivity index (χ1) is 8.09. The second-order valence-corrected chi connectivity index (χ2v) is 3.98. The summed E-state index contributed by atoms with van der Waals surface area (Å²) >= 11 is 0. The molecule has 1 aliphatic heterocycles. The van der Waals surface area contributed by atoms with Gasteiger partial charge in [0, 0.05) is 32.4 Å². The van der Waals surface area contributed by atoms with Crippen LogP contribution in [-0.2, 0) is 0 Å². The molecule has 3 nitrogen and oxygen atoms in total. The summed E-state index contributed by atoms with van der Waals surface area (Å²) in [6.45, 7) is 1.94. The predicted octanol–water partition coefficient (Wildman–Crippen LogP) is 2.43. The third-order valence-corrected chi connectivity index (χ3v) is 2.79. The molecule has 0 aliphatic carbocycles. The second kappa shape index (κ2) is 7.89. The first-order valence-electron chi connectivity index (χ1n) is 5.51. The minimum absolute atomic E-state index is 0. The van der Waals surface area contributed by atoms with Gasteiger partial charge in [-0.1, -0.05) is 6.07 Å². The minimum Gasteiger partial charge on any atom is -0.314 e. The second-order valence-electron chi connectivity index (χ2n) is 3.98. The first-order valence-corrected chi connectivity index (χ1v) is 5.51. The zero-order valence-electron chi connectivity index (χ0n) is 10.1. The average molecular weight is 318 g/mol. The Morgan fingerprint density at radius 2 is 1.79 bits per heavy atom. The van der Waals surface area contributed by atoms with Gasteiger partial charge in [-0.05, 0) is 12.1 Å². The van der Waals surface area contributed by atoms with Crippen LogP contribution in [0.5, 0.6) is 0 Å². The number of alkyl halides is 3. The van der Waals surface area contributed by atoms with Gasteiger partial charge in [0.2, 0.25) is 0 Å². The molecule has 1 saturated heterocycles. The molecule has 0 bridgehead atoms. The Hall–Kier alpha value is -0.560. The topological polar surface area (TPSA) is 28.2 Å². The summed E-state index contributed by atoms with van der Waals surface area (Å²) in [5.41, 5.74) is 0.0712. The van der Waals surface area contributed by atoms with Gasteiger partial charge < -0.3 is 5.32 Å². The van der Waals surface area contributed by atoms with Crippen LogP contribution in [0, 0.1) is 0 Å². The lowest BCUT2D eigenvalue weighted by Gasteiger charge is -2.35. The SMILES string of the molecule is Cl.Cl.FC(F)(F)[C@@H](c1ccccn1)N1CCNCC1. The maximum absolute atomic E-state index is 13.1. The lowest BCUT2D eigenvalue weighted by Crippen LogP contribution is -2.49. The quantitative estimate of drug-likeness (QED) is 0.908. The molecule has 0 aromatic carbocycles. The number of piperazine rings is 1. The van der Waals surface area contributed by atoms with Crippen LogP contribution in [0.2, 0.25) is 0 Å². The van der Waals surface area contributed by atoms with Crippen LogP contribution in [0.25, 0.3) is 0 Å². The van der Waals surface area contributed by atoms with Crippen LogP contribution in [-0.4, -0.2) is 42.2 Å². The van der Waals surface area contributed by atoms with Crippen LogP contribution in [0.3, 0.4) is 0 Å².